The van der Waals surface area contributed by atoms with Crippen LogP contribution in [-0.4, -0.2) is 29.0 Å². The number of piperidine rings is 1. The molecule has 1 N–H and O–H groups in total. The van der Waals surface area contributed by atoms with E-state index in [9.17, 15) is 4.79 Å². The van der Waals surface area contributed by atoms with Crippen molar-refractivity contribution in [3.05, 3.63) is 52.9 Å². The van der Waals surface area contributed by atoms with Crippen LogP contribution in [-0.2, 0) is 6.54 Å². The average Bonchev–Trinajstić information content (AvgIpc) is 2.61. The second-order valence-corrected chi connectivity index (χ2v) is 6.00. The monoisotopic (exact) mass is 330 g/mol. The van der Waals surface area contributed by atoms with E-state index in [1.807, 2.05) is 6.07 Å². The van der Waals surface area contributed by atoms with Gasteiger partial charge in [0.2, 0.25) is 0 Å². The minimum atomic E-state index is -0.159. The molecule has 1 saturated heterocycles. The Morgan fingerprint density at radius 2 is 1.87 bits per heavy atom. The van der Waals surface area contributed by atoms with Crippen molar-refractivity contribution in [2.24, 2.45) is 0 Å². The molecule has 0 spiro atoms. The summed E-state index contributed by atoms with van der Waals surface area (Å²) in [5, 5.41) is 3.45. The lowest BCUT2D eigenvalue weighted by atomic mass is 10.1. The van der Waals surface area contributed by atoms with Crippen molar-refractivity contribution in [3.63, 3.8) is 0 Å². The Kier molecular flexibility index (Phi) is 5.08. The van der Waals surface area contributed by atoms with Crippen molar-refractivity contribution >= 4 is 23.3 Å². The first-order valence-corrected chi connectivity index (χ1v) is 8.21. The number of nitrogens with one attached hydrogen (secondary N) is 1. The van der Waals surface area contributed by atoms with Crippen molar-refractivity contribution in [1.82, 2.24) is 15.3 Å². The van der Waals surface area contributed by atoms with E-state index < -0.39 is 0 Å². The summed E-state index contributed by atoms with van der Waals surface area (Å²) in [4.78, 5) is 23.2. The molecular weight excluding hydrogens is 312 g/mol. The highest BCUT2D eigenvalue weighted by Crippen LogP contribution is 2.17. The second-order valence-electron chi connectivity index (χ2n) is 5.57. The number of hydrogen-bond acceptors (Lipinski definition) is 4. The van der Waals surface area contributed by atoms with E-state index in [-0.39, 0.29) is 5.91 Å². The number of benzene rings is 1. The Morgan fingerprint density at radius 1 is 1.13 bits per heavy atom. The summed E-state index contributed by atoms with van der Waals surface area (Å²) in [6.07, 6.45) is 5.44. The van der Waals surface area contributed by atoms with Gasteiger partial charge in [0.15, 0.2) is 0 Å². The van der Waals surface area contributed by atoms with Crippen LogP contribution in [0.15, 0.2) is 36.5 Å². The fourth-order valence-corrected chi connectivity index (χ4v) is 2.76. The zero-order valence-corrected chi connectivity index (χ0v) is 13.6. The van der Waals surface area contributed by atoms with Crippen molar-refractivity contribution in [2.45, 2.75) is 25.8 Å². The highest BCUT2D eigenvalue weighted by Gasteiger charge is 2.13. The molecular formula is C17H19ClN4O. The van der Waals surface area contributed by atoms with Gasteiger partial charge in [0.25, 0.3) is 5.91 Å². The number of carbonyl (C=O) groups excluding carboxylic acids is 1. The number of halogens is 1. The Hall–Kier alpha value is -2.14. The summed E-state index contributed by atoms with van der Waals surface area (Å²) in [6, 6.07) is 8.72. The van der Waals surface area contributed by atoms with Crippen LogP contribution in [0.2, 0.25) is 5.02 Å². The van der Waals surface area contributed by atoms with Crippen molar-refractivity contribution in [3.8, 4) is 0 Å². The van der Waals surface area contributed by atoms with Crippen LogP contribution in [0.1, 0.15) is 35.4 Å². The van der Waals surface area contributed by atoms with Crippen LogP contribution in [0.4, 0.5) is 5.82 Å². The molecule has 3 rings (SSSR count). The molecule has 6 heteroatoms. The molecule has 23 heavy (non-hydrogen) atoms. The third-order valence-electron chi connectivity index (χ3n) is 3.88. The normalized spacial score (nSPS) is 14.6. The van der Waals surface area contributed by atoms with Crippen LogP contribution >= 0.6 is 11.6 Å². The van der Waals surface area contributed by atoms with Gasteiger partial charge in [0, 0.05) is 29.9 Å². The molecule has 120 valence electrons. The van der Waals surface area contributed by atoms with Gasteiger partial charge in [0.1, 0.15) is 11.6 Å². The molecule has 1 fully saturated rings. The Balaban J connectivity index is 1.61. The molecule has 1 aromatic carbocycles. The highest BCUT2D eigenvalue weighted by molar-refractivity contribution is 6.30. The first kappa shape index (κ1) is 15.7. The summed E-state index contributed by atoms with van der Waals surface area (Å²) in [5.74, 6) is 1.40. The van der Waals surface area contributed by atoms with E-state index >= 15 is 0 Å². The van der Waals surface area contributed by atoms with Crippen LogP contribution in [0.5, 0.6) is 0 Å². The number of nitrogens with zero attached hydrogens (tertiary/aromatic N) is 3. The van der Waals surface area contributed by atoms with E-state index in [0.717, 1.165) is 18.9 Å². The molecule has 1 aliphatic rings. The van der Waals surface area contributed by atoms with Crippen LogP contribution in [0.25, 0.3) is 0 Å². The van der Waals surface area contributed by atoms with Crippen LogP contribution in [0.3, 0.4) is 0 Å². The zero-order valence-electron chi connectivity index (χ0n) is 12.8. The molecule has 0 unspecified atom stereocenters. The number of hydrogen-bond donors (Lipinski definition) is 1. The summed E-state index contributed by atoms with van der Waals surface area (Å²) in [6.45, 7) is 2.38. The van der Waals surface area contributed by atoms with Gasteiger partial charge in [-0.25, -0.2) is 9.97 Å². The molecule has 0 radical (unpaired) electrons. The number of anilines is 1. The Morgan fingerprint density at radius 3 is 2.61 bits per heavy atom. The second kappa shape index (κ2) is 7.42. The maximum absolute atomic E-state index is 12.1. The fourth-order valence-electron chi connectivity index (χ4n) is 2.64. The van der Waals surface area contributed by atoms with Gasteiger partial charge in [-0.15, -0.1) is 0 Å². The number of amides is 1. The van der Waals surface area contributed by atoms with E-state index in [0.29, 0.717) is 23.0 Å². The lowest BCUT2D eigenvalue weighted by Gasteiger charge is -2.27. The molecule has 1 amide bonds. The quantitative estimate of drug-likeness (QED) is 0.936. The highest BCUT2D eigenvalue weighted by atomic mass is 35.5. The lowest BCUT2D eigenvalue weighted by molar-refractivity contribution is 0.0950. The number of carbonyl (C=O) groups is 1. The molecule has 2 aromatic rings. The van der Waals surface area contributed by atoms with Crippen LogP contribution in [0, 0.1) is 0 Å². The van der Waals surface area contributed by atoms with Gasteiger partial charge >= 0.3 is 0 Å². The number of rotatable bonds is 4. The lowest BCUT2D eigenvalue weighted by Crippen LogP contribution is -2.31. The third-order valence-corrected chi connectivity index (χ3v) is 4.14. The predicted molar refractivity (Wildman–Crippen MR) is 90.7 cm³/mol. The summed E-state index contributed by atoms with van der Waals surface area (Å²) >= 11 is 5.82. The molecule has 5 nitrogen and oxygen atoms in total. The third kappa shape index (κ3) is 4.20. The largest absolute Gasteiger partial charge is 0.357 e. The Bertz CT molecular complexity index is 669. The maximum Gasteiger partial charge on any atom is 0.251 e. The smallest absolute Gasteiger partial charge is 0.251 e. The molecule has 0 aliphatic carbocycles. The first-order valence-electron chi connectivity index (χ1n) is 7.83. The van der Waals surface area contributed by atoms with Crippen LogP contribution < -0.4 is 10.2 Å². The number of aromatic nitrogens is 2. The van der Waals surface area contributed by atoms with Crippen molar-refractivity contribution in [2.75, 3.05) is 18.0 Å². The fraction of sp³-hybridized carbons (Fsp3) is 0.353. The van der Waals surface area contributed by atoms with Gasteiger partial charge in [-0.1, -0.05) is 11.6 Å². The van der Waals surface area contributed by atoms with Gasteiger partial charge < -0.3 is 10.2 Å². The minimum Gasteiger partial charge on any atom is -0.357 e. The molecule has 2 heterocycles. The molecule has 0 saturated carbocycles. The van der Waals surface area contributed by atoms with E-state index in [1.165, 1.54) is 19.3 Å². The van der Waals surface area contributed by atoms with Gasteiger partial charge in [0.05, 0.1) is 6.54 Å². The van der Waals surface area contributed by atoms with Crippen molar-refractivity contribution in [1.29, 1.82) is 0 Å². The van der Waals surface area contributed by atoms with Crippen molar-refractivity contribution < 1.29 is 4.79 Å². The Labute approximate surface area is 140 Å². The van der Waals surface area contributed by atoms with Gasteiger partial charge in [-0.2, -0.15) is 0 Å². The maximum atomic E-state index is 12.1. The summed E-state index contributed by atoms with van der Waals surface area (Å²) < 4.78 is 0. The predicted octanol–water partition coefficient (Wildman–Crippen LogP) is 3.05. The van der Waals surface area contributed by atoms with Gasteiger partial charge in [-0.3, -0.25) is 4.79 Å². The molecule has 1 aromatic heterocycles. The summed E-state index contributed by atoms with van der Waals surface area (Å²) in [5.41, 5.74) is 0.571. The first-order chi connectivity index (χ1) is 11.2. The summed E-state index contributed by atoms with van der Waals surface area (Å²) in [7, 11) is 0. The van der Waals surface area contributed by atoms with Gasteiger partial charge in [-0.05, 0) is 49.6 Å². The molecule has 0 atom stereocenters. The minimum absolute atomic E-state index is 0.159. The van der Waals surface area contributed by atoms with E-state index in [2.05, 4.69) is 20.2 Å². The zero-order chi connectivity index (χ0) is 16.1. The molecule has 1 aliphatic heterocycles. The molecule has 0 bridgehead atoms. The van der Waals surface area contributed by atoms with E-state index in [4.69, 9.17) is 11.6 Å². The van der Waals surface area contributed by atoms with E-state index in [1.54, 1.807) is 30.5 Å². The standard InChI is InChI=1S/C17H19ClN4O/c18-14-6-4-13(5-7-14)17(23)20-12-15-19-9-8-16(21-15)22-10-2-1-3-11-22/h4-9H,1-3,10-12H2,(H,20,23). The topological polar surface area (TPSA) is 58.1 Å². The average molecular weight is 331 g/mol. The SMILES string of the molecule is O=C(NCc1nccc(N2CCCCC2)n1)c1ccc(Cl)cc1.